The largest absolute Gasteiger partial charge is 0.507 e. The molecule has 1 fully saturated rings. The van der Waals surface area contributed by atoms with E-state index in [-0.39, 0.29) is 21.9 Å². The molecule has 168 valence electrons. The quantitative estimate of drug-likeness (QED) is 0.288. The second-order valence-corrected chi connectivity index (χ2v) is 8.09. The van der Waals surface area contributed by atoms with Crippen LogP contribution in [-0.2, 0) is 9.59 Å². The summed E-state index contributed by atoms with van der Waals surface area (Å²) >= 11 is 12.4. The van der Waals surface area contributed by atoms with Crippen molar-refractivity contribution in [2.75, 3.05) is 19.1 Å². The van der Waals surface area contributed by atoms with Crippen LogP contribution in [0.25, 0.3) is 5.76 Å². The summed E-state index contributed by atoms with van der Waals surface area (Å²) in [6.07, 6.45) is 0. The van der Waals surface area contributed by atoms with Gasteiger partial charge in [-0.05, 0) is 29.8 Å². The Kier molecular flexibility index (Phi) is 6.31. The number of hydrogen-bond acceptors (Lipinski definition) is 5. The Morgan fingerprint density at radius 3 is 2.24 bits per heavy atom. The maximum Gasteiger partial charge on any atom is 0.300 e. The van der Waals surface area contributed by atoms with Crippen molar-refractivity contribution in [2.24, 2.45) is 0 Å². The monoisotopic (exact) mass is 483 g/mol. The third kappa shape index (κ3) is 4.03. The first-order valence-corrected chi connectivity index (χ1v) is 10.7. The number of Topliss-reactive ketones (excluding diaryl/α,β-unsaturated/α-hetero) is 1. The Morgan fingerprint density at radius 2 is 1.61 bits per heavy atom. The molecule has 8 heteroatoms. The maximum absolute atomic E-state index is 13.2. The molecule has 1 aliphatic heterocycles. The summed E-state index contributed by atoms with van der Waals surface area (Å²) in [7, 11) is 2.87. The number of ether oxygens (including phenoxy) is 2. The number of hydrogen-bond donors (Lipinski definition) is 1. The summed E-state index contributed by atoms with van der Waals surface area (Å²) < 4.78 is 10.6. The highest BCUT2D eigenvalue weighted by Gasteiger charge is 2.47. The molecule has 0 radical (unpaired) electrons. The molecule has 1 unspecified atom stereocenters. The predicted octanol–water partition coefficient (Wildman–Crippen LogP) is 5.64. The number of carbonyl (C=O) groups is 2. The predicted molar refractivity (Wildman–Crippen MR) is 127 cm³/mol. The Morgan fingerprint density at radius 1 is 0.909 bits per heavy atom. The van der Waals surface area contributed by atoms with E-state index in [1.54, 1.807) is 48.5 Å². The number of ketones is 1. The first-order valence-electron chi connectivity index (χ1n) is 9.90. The third-order valence-corrected chi connectivity index (χ3v) is 5.91. The molecule has 1 heterocycles. The van der Waals surface area contributed by atoms with E-state index in [4.69, 9.17) is 32.7 Å². The van der Waals surface area contributed by atoms with Gasteiger partial charge < -0.3 is 14.6 Å². The van der Waals surface area contributed by atoms with Gasteiger partial charge in [-0.25, -0.2) is 0 Å². The van der Waals surface area contributed by atoms with Gasteiger partial charge in [0.05, 0.1) is 36.4 Å². The molecule has 1 N–H and O–H groups in total. The number of amides is 1. The van der Waals surface area contributed by atoms with Gasteiger partial charge in [0.15, 0.2) is 0 Å². The van der Waals surface area contributed by atoms with Crippen LogP contribution in [0.5, 0.6) is 11.5 Å². The molecular weight excluding hydrogens is 465 g/mol. The van der Waals surface area contributed by atoms with E-state index in [0.29, 0.717) is 22.0 Å². The zero-order valence-electron chi connectivity index (χ0n) is 17.7. The lowest BCUT2D eigenvalue weighted by Crippen LogP contribution is -2.29. The Hall–Kier alpha value is -3.48. The fourth-order valence-electron chi connectivity index (χ4n) is 3.87. The standard InChI is InChI=1S/C25H19Cl2NO5/c1-32-19-13-20(33-2)18(27)12-17(19)23(29)21-22(14-7-4-3-5-8-14)28(25(31)24(21)30)16-10-6-9-15(26)11-16/h3-13,22,29H,1-2H3/b23-21+. The first kappa shape index (κ1) is 22.7. The van der Waals surface area contributed by atoms with E-state index in [1.807, 2.05) is 6.07 Å². The van der Waals surface area contributed by atoms with E-state index in [0.717, 1.165) is 0 Å². The minimum atomic E-state index is -0.893. The van der Waals surface area contributed by atoms with Gasteiger partial charge in [0.25, 0.3) is 11.7 Å². The summed E-state index contributed by atoms with van der Waals surface area (Å²) in [5.41, 5.74) is 1.13. The Balaban J connectivity index is 1.98. The third-order valence-electron chi connectivity index (χ3n) is 5.38. The second kappa shape index (κ2) is 9.17. The molecule has 0 aliphatic carbocycles. The number of benzene rings is 3. The topological polar surface area (TPSA) is 76.1 Å². The average Bonchev–Trinajstić information content (AvgIpc) is 3.09. The molecule has 3 aromatic rings. The van der Waals surface area contributed by atoms with E-state index in [1.165, 1.54) is 31.3 Å². The molecule has 33 heavy (non-hydrogen) atoms. The van der Waals surface area contributed by atoms with Crippen molar-refractivity contribution in [1.82, 2.24) is 0 Å². The highest BCUT2D eigenvalue weighted by Crippen LogP contribution is 2.44. The number of nitrogens with zero attached hydrogens (tertiary/aromatic N) is 1. The first-order chi connectivity index (χ1) is 15.9. The lowest BCUT2D eigenvalue weighted by atomic mass is 9.95. The van der Waals surface area contributed by atoms with Gasteiger partial charge in [-0.15, -0.1) is 0 Å². The summed E-state index contributed by atoms with van der Waals surface area (Å²) in [4.78, 5) is 27.7. The Bertz CT molecular complexity index is 1270. The molecule has 0 saturated carbocycles. The summed E-state index contributed by atoms with van der Waals surface area (Å²) in [5, 5.41) is 11.9. The van der Waals surface area contributed by atoms with E-state index in [2.05, 4.69) is 0 Å². The van der Waals surface area contributed by atoms with Gasteiger partial charge in [0, 0.05) is 16.8 Å². The molecule has 1 atom stereocenters. The second-order valence-electron chi connectivity index (χ2n) is 7.25. The number of rotatable bonds is 5. The van der Waals surface area contributed by atoms with Gasteiger partial charge in [-0.3, -0.25) is 14.5 Å². The average molecular weight is 484 g/mol. The van der Waals surface area contributed by atoms with Crippen LogP contribution in [0.15, 0.2) is 72.3 Å². The number of aliphatic hydroxyl groups excluding tert-OH is 1. The summed E-state index contributed by atoms with van der Waals surface area (Å²) in [6, 6.07) is 17.6. The zero-order chi connectivity index (χ0) is 23.7. The van der Waals surface area contributed by atoms with Crippen LogP contribution in [-0.4, -0.2) is 31.0 Å². The van der Waals surface area contributed by atoms with Crippen LogP contribution in [0, 0.1) is 0 Å². The van der Waals surface area contributed by atoms with Crippen molar-refractivity contribution >= 4 is 46.3 Å². The molecule has 0 bridgehead atoms. The summed E-state index contributed by atoms with van der Waals surface area (Å²) in [5.74, 6) is -1.46. The van der Waals surface area contributed by atoms with Crippen molar-refractivity contribution in [3.63, 3.8) is 0 Å². The highest BCUT2D eigenvalue weighted by atomic mass is 35.5. The molecule has 4 rings (SSSR count). The van der Waals surface area contributed by atoms with Gasteiger partial charge in [-0.2, -0.15) is 0 Å². The molecule has 1 aliphatic rings. The van der Waals surface area contributed by atoms with Crippen LogP contribution < -0.4 is 14.4 Å². The number of anilines is 1. The number of aliphatic hydroxyl groups is 1. The molecule has 1 amide bonds. The smallest absolute Gasteiger partial charge is 0.300 e. The van der Waals surface area contributed by atoms with Crippen molar-refractivity contribution < 1.29 is 24.2 Å². The highest BCUT2D eigenvalue weighted by molar-refractivity contribution is 6.52. The van der Waals surface area contributed by atoms with Crippen LogP contribution in [0.3, 0.4) is 0 Å². The van der Waals surface area contributed by atoms with Crippen molar-refractivity contribution in [1.29, 1.82) is 0 Å². The summed E-state index contributed by atoms with van der Waals surface area (Å²) in [6.45, 7) is 0. The fourth-order valence-corrected chi connectivity index (χ4v) is 4.29. The van der Waals surface area contributed by atoms with Crippen LogP contribution >= 0.6 is 23.2 Å². The number of halogens is 2. The number of carbonyl (C=O) groups excluding carboxylic acids is 2. The van der Waals surface area contributed by atoms with Gasteiger partial charge in [0.1, 0.15) is 17.3 Å². The van der Waals surface area contributed by atoms with E-state index < -0.39 is 23.5 Å². The van der Waals surface area contributed by atoms with Crippen molar-refractivity contribution in [3.05, 3.63) is 93.5 Å². The van der Waals surface area contributed by atoms with Crippen LogP contribution in [0.2, 0.25) is 10.0 Å². The van der Waals surface area contributed by atoms with Crippen molar-refractivity contribution in [3.8, 4) is 11.5 Å². The molecular formula is C25H19Cl2NO5. The molecule has 0 spiro atoms. The maximum atomic E-state index is 13.2. The molecule has 6 nitrogen and oxygen atoms in total. The van der Waals surface area contributed by atoms with Crippen LogP contribution in [0.4, 0.5) is 5.69 Å². The minimum Gasteiger partial charge on any atom is -0.507 e. The van der Waals surface area contributed by atoms with Crippen LogP contribution in [0.1, 0.15) is 17.2 Å². The van der Waals surface area contributed by atoms with Gasteiger partial charge in [-0.1, -0.05) is 59.6 Å². The lowest BCUT2D eigenvalue weighted by Gasteiger charge is -2.25. The number of methoxy groups -OCH3 is 2. The van der Waals surface area contributed by atoms with Gasteiger partial charge >= 0.3 is 0 Å². The molecule has 3 aromatic carbocycles. The molecule has 0 aromatic heterocycles. The lowest BCUT2D eigenvalue weighted by molar-refractivity contribution is -0.132. The van der Waals surface area contributed by atoms with E-state index in [9.17, 15) is 14.7 Å². The SMILES string of the molecule is COc1cc(OC)c(/C(O)=C2\C(=O)C(=O)N(c3cccc(Cl)c3)C2c2ccccc2)cc1Cl. The minimum absolute atomic E-state index is 0.0919. The zero-order valence-corrected chi connectivity index (χ0v) is 19.2. The molecule has 1 saturated heterocycles. The fraction of sp³-hybridized carbons (Fsp3) is 0.120. The Labute approximate surface area is 200 Å². The normalized spacial score (nSPS) is 17.3. The van der Waals surface area contributed by atoms with Gasteiger partial charge in [0.2, 0.25) is 0 Å². The van der Waals surface area contributed by atoms with Crippen molar-refractivity contribution in [2.45, 2.75) is 6.04 Å². The van der Waals surface area contributed by atoms with E-state index >= 15 is 0 Å².